The largest absolute Gasteiger partial charge is 0.507 e. The first-order chi connectivity index (χ1) is 15.3. The van der Waals surface area contributed by atoms with Gasteiger partial charge in [-0.3, -0.25) is 9.59 Å². The molecular formula is C24H27ClN2O5. The molecule has 0 bridgehead atoms. The summed E-state index contributed by atoms with van der Waals surface area (Å²) in [6, 6.07) is 10.9. The van der Waals surface area contributed by atoms with Gasteiger partial charge >= 0.3 is 0 Å². The summed E-state index contributed by atoms with van der Waals surface area (Å²) in [4.78, 5) is 29.7. The van der Waals surface area contributed by atoms with Gasteiger partial charge in [-0.25, -0.2) is 0 Å². The zero-order chi connectivity index (χ0) is 23.4. The number of aliphatic hydroxyl groups excluding tert-OH is 1. The van der Waals surface area contributed by atoms with Gasteiger partial charge in [0.05, 0.1) is 25.8 Å². The van der Waals surface area contributed by atoms with Crippen molar-refractivity contribution >= 4 is 29.1 Å². The van der Waals surface area contributed by atoms with Crippen molar-refractivity contribution in [1.29, 1.82) is 0 Å². The molecule has 1 N–H and O–H groups in total. The van der Waals surface area contributed by atoms with E-state index in [0.717, 1.165) is 6.54 Å². The molecule has 2 aromatic carbocycles. The third-order valence-corrected chi connectivity index (χ3v) is 5.64. The van der Waals surface area contributed by atoms with Gasteiger partial charge in [-0.2, -0.15) is 0 Å². The summed E-state index contributed by atoms with van der Waals surface area (Å²) in [5.41, 5.74) is 0.965. The molecule has 1 aliphatic heterocycles. The molecule has 1 amide bonds. The molecule has 2 aromatic rings. The van der Waals surface area contributed by atoms with Crippen molar-refractivity contribution in [1.82, 2.24) is 9.80 Å². The number of methoxy groups -OCH3 is 2. The van der Waals surface area contributed by atoms with Crippen LogP contribution in [0.4, 0.5) is 0 Å². The van der Waals surface area contributed by atoms with E-state index in [2.05, 4.69) is 0 Å². The molecule has 0 radical (unpaired) electrons. The van der Waals surface area contributed by atoms with Crippen molar-refractivity contribution in [3.8, 4) is 11.5 Å². The number of hydrogen-bond donors (Lipinski definition) is 1. The van der Waals surface area contributed by atoms with Crippen LogP contribution in [0.3, 0.4) is 0 Å². The lowest BCUT2D eigenvalue weighted by atomic mass is 9.94. The summed E-state index contributed by atoms with van der Waals surface area (Å²) >= 11 is 5.97. The van der Waals surface area contributed by atoms with Gasteiger partial charge in [-0.05, 0) is 57.4 Å². The average molecular weight is 459 g/mol. The summed E-state index contributed by atoms with van der Waals surface area (Å²) < 4.78 is 11.0. The number of rotatable bonds is 8. The van der Waals surface area contributed by atoms with Crippen LogP contribution in [0.2, 0.25) is 5.02 Å². The van der Waals surface area contributed by atoms with E-state index in [0.29, 0.717) is 40.6 Å². The smallest absolute Gasteiger partial charge is 0.295 e. The molecule has 0 unspecified atom stereocenters. The van der Waals surface area contributed by atoms with E-state index in [4.69, 9.17) is 21.1 Å². The SMILES string of the molecule is COc1cccc([C@H]2C(=C(O)c3ccc(Cl)cc3)C(=O)C(=O)N2CCCN(C)C)c1OC. The lowest BCUT2D eigenvalue weighted by Crippen LogP contribution is -2.32. The summed E-state index contributed by atoms with van der Waals surface area (Å²) in [6.07, 6.45) is 0.657. The monoisotopic (exact) mass is 458 g/mol. The average Bonchev–Trinajstić information content (AvgIpc) is 3.03. The summed E-state index contributed by atoms with van der Waals surface area (Å²) in [5.74, 6) is -0.784. The Labute approximate surface area is 192 Å². The Kier molecular flexibility index (Phi) is 7.43. The quantitative estimate of drug-likeness (QED) is 0.369. The number of likely N-dealkylation sites (tertiary alicyclic amines) is 1. The van der Waals surface area contributed by atoms with E-state index in [-0.39, 0.29) is 11.3 Å². The normalized spacial score (nSPS) is 17.8. The topological polar surface area (TPSA) is 79.3 Å². The number of carbonyl (C=O) groups excluding carboxylic acids is 2. The molecule has 8 heteroatoms. The highest BCUT2D eigenvalue weighted by molar-refractivity contribution is 6.46. The minimum absolute atomic E-state index is 0.00808. The highest BCUT2D eigenvalue weighted by Gasteiger charge is 2.47. The Bertz CT molecular complexity index is 1030. The van der Waals surface area contributed by atoms with E-state index >= 15 is 0 Å². The number of benzene rings is 2. The van der Waals surface area contributed by atoms with Crippen LogP contribution in [0.15, 0.2) is 48.0 Å². The van der Waals surface area contributed by atoms with Crippen LogP contribution in [0.25, 0.3) is 5.76 Å². The van der Waals surface area contributed by atoms with Crippen molar-refractivity contribution < 1.29 is 24.2 Å². The predicted molar refractivity (Wildman–Crippen MR) is 123 cm³/mol. The number of ether oxygens (including phenoxy) is 2. The number of aliphatic hydroxyl groups is 1. The third-order valence-electron chi connectivity index (χ3n) is 5.39. The maximum Gasteiger partial charge on any atom is 0.295 e. The van der Waals surface area contributed by atoms with Crippen LogP contribution < -0.4 is 9.47 Å². The van der Waals surface area contributed by atoms with Crippen LogP contribution in [0, 0.1) is 0 Å². The van der Waals surface area contributed by atoms with Crippen LogP contribution in [-0.4, -0.2) is 68.0 Å². The molecule has 0 spiro atoms. The van der Waals surface area contributed by atoms with Crippen molar-refractivity contribution in [3.05, 3.63) is 64.2 Å². The van der Waals surface area contributed by atoms with Crippen LogP contribution >= 0.6 is 11.6 Å². The second-order valence-electron chi connectivity index (χ2n) is 7.74. The first-order valence-electron chi connectivity index (χ1n) is 10.2. The first kappa shape index (κ1) is 23.6. The second kappa shape index (κ2) is 10.1. The Balaban J connectivity index is 2.19. The molecule has 0 aromatic heterocycles. The molecule has 170 valence electrons. The first-order valence-corrected chi connectivity index (χ1v) is 10.6. The summed E-state index contributed by atoms with van der Waals surface area (Å²) in [7, 11) is 6.90. The number of carbonyl (C=O) groups is 2. The van der Waals surface area contributed by atoms with E-state index in [1.165, 1.54) is 19.1 Å². The Morgan fingerprint density at radius 3 is 2.38 bits per heavy atom. The molecule has 0 aliphatic carbocycles. The maximum atomic E-state index is 13.1. The van der Waals surface area contributed by atoms with E-state index in [9.17, 15) is 14.7 Å². The van der Waals surface area contributed by atoms with Gasteiger partial charge in [0, 0.05) is 22.7 Å². The van der Waals surface area contributed by atoms with Crippen LogP contribution in [0.5, 0.6) is 11.5 Å². The zero-order valence-corrected chi connectivity index (χ0v) is 19.3. The lowest BCUT2D eigenvalue weighted by molar-refractivity contribution is -0.140. The Hall–Kier alpha value is -3.03. The number of nitrogens with zero attached hydrogens (tertiary/aromatic N) is 2. The van der Waals surface area contributed by atoms with Crippen molar-refractivity contribution in [2.45, 2.75) is 12.5 Å². The predicted octanol–water partition coefficient (Wildman–Crippen LogP) is 3.73. The van der Waals surface area contributed by atoms with Crippen LogP contribution in [0.1, 0.15) is 23.6 Å². The minimum atomic E-state index is -0.821. The molecule has 1 saturated heterocycles. The number of amides is 1. The van der Waals surface area contributed by atoms with Gasteiger partial charge in [0.25, 0.3) is 11.7 Å². The number of hydrogen-bond acceptors (Lipinski definition) is 6. The molecule has 1 aliphatic rings. The number of halogens is 1. The van der Waals surface area contributed by atoms with Crippen molar-refractivity contribution in [2.24, 2.45) is 0 Å². The second-order valence-corrected chi connectivity index (χ2v) is 8.18. The third kappa shape index (κ3) is 4.59. The van der Waals surface area contributed by atoms with Crippen molar-refractivity contribution in [3.63, 3.8) is 0 Å². The highest BCUT2D eigenvalue weighted by atomic mass is 35.5. The highest BCUT2D eigenvalue weighted by Crippen LogP contribution is 2.45. The van der Waals surface area contributed by atoms with Gasteiger partial charge in [-0.1, -0.05) is 23.7 Å². The molecule has 3 rings (SSSR count). The number of para-hydroxylation sites is 1. The molecule has 0 saturated carbocycles. The Morgan fingerprint density at radius 2 is 1.78 bits per heavy atom. The standard InChI is InChI=1S/C24H27ClN2O5/c1-26(2)13-6-14-27-20(17-7-5-8-18(31-3)23(17)32-4)19(22(29)24(27)30)21(28)15-9-11-16(25)12-10-15/h5,7-12,20,28H,6,13-14H2,1-4H3/t20-/m0/s1. The molecule has 32 heavy (non-hydrogen) atoms. The minimum Gasteiger partial charge on any atom is -0.507 e. The lowest BCUT2D eigenvalue weighted by Gasteiger charge is -2.27. The van der Waals surface area contributed by atoms with Gasteiger partial charge in [0.15, 0.2) is 11.5 Å². The number of ketones is 1. The zero-order valence-electron chi connectivity index (χ0n) is 18.6. The van der Waals surface area contributed by atoms with E-state index < -0.39 is 17.7 Å². The van der Waals surface area contributed by atoms with Gasteiger partial charge in [0.2, 0.25) is 0 Å². The molecular weight excluding hydrogens is 432 g/mol. The molecule has 1 heterocycles. The van der Waals surface area contributed by atoms with E-state index in [1.54, 1.807) is 42.5 Å². The van der Waals surface area contributed by atoms with E-state index in [1.807, 2.05) is 19.0 Å². The van der Waals surface area contributed by atoms with Gasteiger partial charge in [-0.15, -0.1) is 0 Å². The Morgan fingerprint density at radius 1 is 1.09 bits per heavy atom. The number of Topliss-reactive ketones (excluding diaryl/α,β-unsaturated/α-hetero) is 1. The van der Waals surface area contributed by atoms with Gasteiger partial charge < -0.3 is 24.4 Å². The fourth-order valence-corrected chi connectivity index (χ4v) is 4.01. The van der Waals surface area contributed by atoms with Crippen LogP contribution in [-0.2, 0) is 9.59 Å². The van der Waals surface area contributed by atoms with Gasteiger partial charge in [0.1, 0.15) is 5.76 Å². The molecule has 1 fully saturated rings. The summed E-state index contributed by atoms with van der Waals surface area (Å²) in [5, 5.41) is 11.6. The van der Waals surface area contributed by atoms with Crippen molar-refractivity contribution in [2.75, 3.05) is 41.4 Å². The molecule has 7 nitrogen and oxygen atoms in total. The maximum absolute atomic E-state index is 13.1. The fraction of sp³-hybridized carbons (Fsp3) is 0.333. The fourth-order valence-electron chi connectivity index (χ4n) is 3.88. The summed E-state index contributed by atoms with van der Waals surface area (Å²) in [6.45, 7) is 1.08. The molecule has 1 atom stereocenters.